The minimum atomic E-state index is -0.685. The van der Waals surface area contributed by atoms with Crippen LogP contribution in [0.4, 0.5) is 4.39 Å². The Morgan fingerprint density at radius 1 is 1.26 bits per heavy atom. The van der Waals surface area contributed by atoms with E-state index in [4.69, 9.17) is 23.2 Å². The molecule has 0 aliphatic rings. The molecule has 3 nitrogen and oxygen atoms in total. The average molecular weight is 302 g/mol. The molecular weight excluding hydrogens is 288 g/mol. The fraction of sp³-hybridized carbons (Fsp3) is 0.385. The zero-order valence-electron chi connectivity index (χ0n) is 10.5. The van der Waals surface area contributed by atoms with E-state index in [1.54, 1.807) is 29.9 Å². The summed E-state index contributed by atoms with van der Waals surface area (Å²) in [5, 5.41) is 4.01. The number of hydrogen-bond acceptors (Lipinski definition) is 2. The van der Waals surface area contributed by atoms with Crippen molar-refractivity contribution in [3.63, 3.8) is 0 Å². The lowest BCUT2D eigenvalue weighted by molar-refractivity contribution is 0.470. The predicted octanol–water partition coefficient (Wildman–Crippen LogP) is 2.91. The van der Waals surface area contributed by atoms with Crippen molar-refractivity contribution in [3.05, 3.63) is 47.8 Å². The van der Waals surface area contributed by atoms with E-state index in [1.807, 2.05) is 0 Å². The molecule has 19 heavy (non-hydrogen) atoms. The van der Waals surface area contributed by atoms with Crippen molar-refractivity contribution in [2.45, 2.75) is 11.8 Å². The Morgan fingerprint density at radius 2 is 1.95 bits per heavy atom. The summed E-state index contributed by atoms with van der Waals surface area (Å²) in [7, 11) is 1.79. The van der Waals surface area contributed by atoms with Gasteiger partial charge in [0.25, 0.3) is 0 Å². The van der Waals surface area contributed by atoms with Gasteiger partial charge in [-0.1, -0.05) is 18.2 Å². The standard InChI is InChI=1S/C13H14Cl2FN3/c1-19-12(17-9-18-19)6-13(7-14,8-15)10-4-2-3-5-11(10)16/h2-5,9H,6-8H2,1H3. The van der Waals surface area contributed by atoms with Crippen LogP contribution >= 0.6 is 23.2 Å². The van der Waals surface area contributed by atoms with E-state index in [-0.39, 0.29) is 17.6 Å². The van der Waals surface area contributed by atoms with Gasteiger partial charge in [0.05, 0.1) is 0 Å². The first-order valence-electron chi connectivity index (χ1n) is 5.83. The molecule has 1 aromatic carbocycles. The van der Waals surface area contributed by atoms with Crippen LogP contribution in [-0.4, -0.2) is 26.5 Å². The van der Waals surface area contributed by atoms with Gasteiger partial charge in [0.2, 0.25) is 0 Å². The molecule has 0 saturated carbocycles. The van der Waals surface area contributed by atoms with E-state index in [0.717, 1.165) is 5.82 Å². The van der Waals surface area contributed by atoms with Crippen molar-refractivity contribution in [2.75, 3.05) is 11.8 Å². The Balaban J connectivity index is 2.44. The summed E-state index contributed by atoms with van der Waals surface area (Å²) in [6.07, 6.45) is 1.90. The van der Waals surface area contributed by atoms with Gasteiger partial charge in [-0.2, -0.15) is 5.10 Å². The second kappa shape index (κ2) is 5.88. The number of aryl methyl sites for hydroxylation is 1. The molecule has 0 aliphatic carbocycles. The summed E-state index contributed by atoms with van der Waals surface area (Å²) < 4.78 is 15.7. The zero-order chi connectivity index (χ0) is 13.9. The lowest BCUT2D eigenvalue weighted by Crippen LogP contribution is -2.35. The fourth-order valence-electron chi connectivity index (χ4n) is 2.04. The predicted molar refractivity (Wildman–Crippen MR) is 74.2 cm³/mol. The normalized spacial score (nSPS) is 11.8. The molecule has 1 aromatic heterocycles. The third-order valence-corrected chi connectivity index (χ3v) is 4.28. The molecule has 0 saturated heterocycles. The highest BCUT2D eigenvalue weighted by molar-refractivity contribution is 6.22. The molecule has 2 rings (SSSR count). The van der Waals surface area contributed by atoms with Crippen molar-refractivity contribution >= 4 is 23.2 Å². The van der Waals surface area contributed by atoms with Gasteiger partial charge < -0.3 is 0 Å². The summed E-state index contributed by atoms with van der Waals surface area (Å²) in [5.41, 5.74) is -0.169. The summed E-state index contributed by atoms with van der Waals surface area (Å²) in [6, 6.07) is 6.56. The number of benzene rings is 1. The second-order valence-electron chi connectivity index (χ2n) is 4.50. The summed E-state index contributed by atoms with van der Waals surface area (Å²) >= 11 is 12.2. The highest BCUT2D eigenvalue weighted by Gasteiger charge is 2.34. The molecule has 0 amide bonds. The van der Waals surface area contributed by atoms with Gasteiger partial charge >= 0.3 is 0 Å². The van der Waals surface area contributed by atoms with E-state index in [1.165, 1.54) is 12.4 Å². The van der Waals surface area contributed by atoms with E-state index >= 15 is 0 Å². The highest BCUT2D eigenvalue weighted by Crippen LogP contribution is 2.32. The maximum atomic E-state index is 14.0. The molecule has 0 fully saturated rings. The van der Waals surface area contributed by atoms with Crippen LogP contribution in [0.15, 0.2) is 30.6 Å². The van der Waals surface area contributed by atoms with E-state index in [2.05, 4.69) is 10.1 Å². The van der Waals surface area contributed by atoms with Gasteiger partial charge in [0, 0.05) is 30.6 Å². The first-order valence-corrected chi connectivity index (χ1v) is 6.89. The Kier molecular flexibility index (Phi) is 4.42. The van der Waals surface area contributed by atoms with E-state index in [9.17, 15) is 4.39 Å². The summed E-state index contributed by atoms with van der Waals surface area (Å²) in [5.74, 6) is 0.852. The van der Waals surface area contributed by atoms with Crippen LogP contribution in [0.5, 0.6) is 0 Å². The monoisotopic (exact) mass is 301 g/mol. The Bertz CT molecular complexity index is 552. The first-order chi connectivity index (χ1) is 9.13. The number of rotatable bonds is 5. The molecule has 0 bridgehead atoms. The van der Waals surface area contributed by atoms with Crippen LogP contribution in [0.3, 0.4) is 0 Å². The maximum absolute atomic E-state index is 14.0. The van der Waals surface area contributed by atoms with Gasteiger partial charge in [-0.05, 0) is 11.6 Å². The van der Waals surface area contributed by atoms with Crippen LogP contribution in [0.1, 0.15) is 11.4 Å². The Hall–Kier alpha value is -1.13. The maximum Gasteiger partial charge on any atom is 0.138 e. The van der Waals surface area contributed by atoms with Crippen LogP contribution in [0.25, 0.3) is 0 Å². The molecule has 0 N–H and O–H groups in total. The molecule has 2 aromatic rings. The van der Waals surface area contributed by atoms with Crippen LogP contribution in [0.2, 0.25) is 0 Å². The lowest BCUT2D eigenvalue weighted by atomic mass is 9.80. The van der Waals surface area contributed by atoms with Gasteiger partial charge in [0.15, 0.2) is 0 Å². The van der Waals surface area contributed by atoms with Crippen LogP contribution < -0.4 is 0 Å². The van der Waals surface area contributed by atoms with Gasteiger partial charge in [0.1, 0.15) is 18.0 Å². The molecule has 6 heteroatoms. The largest absolute Gasteiger partial charge is 0.253 e. The topological polar surface area (TPSA) is 30.7 Å². The third kappa shape index (κ3) is 2.74. The van der Waals surface area contributed by atoms with Crippen molar-refractivity contribution in [3.8, 4) is 0 Å². The van der Waals surface area contributed by atoms with E-state index in [0.29, 0.717) is 12.0 Å². The highest BCUT2D eigenvalue weighted by atomic mass is 35.5. The number of hydrogen-bond donors (Lipinski definition) is 0. The van der Waals surface area contributed by atoms with Gasteiger partial charge in [-0.15, -0.1) is 23.2 Å². The van der Waals surface area contributed by atoms with Crippen molar-refractivity contribution < 1.29 is 4.39 Å². The first kappa shape index (κ1) is 14.3. The lowest BCUT2D eigenvalue weighted by Gasteiger charge is -2.30. The minimum Gasteiger partial charge on any atom is -0.253 e. The molecule has 0 spiro atoms. The van der Waals surface area contributed by atoms with Crippen LogP contribution in [-0.2, 0) is 18.9 Å². The Morgan fingerprint density at radius 3 is 2.47 bits per heavy atom. The number of alkyl halides is 2. The number of halogens is 3. The van der Waals surface area contributed by atoms with Crippen LogP contribution in [0, 0.1) is 5.82 Å². The summed E-state index contributed by atoms with van der Waals surface area (Å²) in [6.45, 7) is 0. The number of nitrogens with zero attached hydrogens (tertiary/aromatic N) is 3. The number of aromatic nitrogens is 3. The SMILES string of the molecule is Cn1ncnc1CC(CCl)(CCl)c1ccccc1F. The zero-order valence-corrected chi connectivity index (χ0v) is 12.0. The molecule has 1 heterocycles. The van der Waals surface area contributed by atoms with E-state index < -0.39 is 5.41 Å². The molecule has 102 valence electrons. The van der Waals surface area contributed by atoms with Crippen molar-refractivity contribution in [2.24, 2.45) is 7.05 Å². The Labute approximate surface area is 121 Å². The second-order valence-corrected chi connectivity index (χ2v) is 5.04. The quantitative estimate of drug-likeness (QED) is 0.795. The van der Waals surface area contributed by atoms with Crippen molar-refractivity contribution in [1.82, 2.24) is 14.8 Å². The molecular formula is C13H14Cl2FN3. The molecule has 0 radical (unpaired) electrons. The third-order valence-electron chi connectivity index (χ3n) is 3.26. The molecule has 0 aliphatic heterocycles. The summed E-state index contributed by atoms with van der Waals surface area (Å²) in [4.78, 5) is 4.16. The van der Waals surface area contributed by atoms with Crippen molar-refractivity contribution in [1.29, 1.82) is 0 Å². The molecule has 0 atom stereocenters. The minimum absolute atomic E-state index is 0.213. The van der Waals surface area contributed by atoms with Gasteiger partial charge in [-0.3, -0.25) is 4.68 Å². The smallest absolute Gasteiger partial charge is 0.138 e. The fourth-order valence-corrected chi connectivity index (χ4v) is 2.81. The molecule has 0 unspecified atom stereocenters. The van der Waals surface area contributed by atoms with Gasteiger partial charge in [-0.25, -0.2) is 9.37 Å². The average Bonchev–Trinajstić information content (AvgIpc) is 2.82.